The molecular formula is C13H17NO3. The Morgan fingerprint density at radius 2 is 2.18 bits per heavy atom. The van der Waals surface area contributed by atoms with Crippen LogP contribution in [0, 0.1) is 12.8 Å². The Bertz CT molecular complexity index is 411. The third-order valence-corrected chi connectivity index (χ3v) is 3.15. The average molecular weight is 235 g/mol. The molecule has 1 fully saturated rings. The zero-order valence-electron chi connectivity index (χ0n) is 9.98. The number of pyridine rings is 1. The van der Waals surface area contributed by atoms with Gasteiger partial charge in [0.05, 0.1) is 6.61 Å². The highest BCUT2D eigenvalue weighted by Gasteiger charge is 2.18. The number of aromatic carboxylic acids is 1. The zero-order chi connectivity index (χ0) is 12.3. The quantitative estimate of drug-likeness (QED) is 0.871. The molecule has 4 nitrogen and oxygen atoms in total. The molecule has 0 aromatic carbocycles. The van der Waals surface area contributed by atoms with Gasteiger partial charge in [-0.05, 0) is 37.8 Å². The maximum Gasteiger partial charge on any atom is 0.358 e. The molecule has 0 amide bonds. The summed E-state index contributed by atoms with van der Waals surface area (Å²) in [7, 11) is 0. The predicted molar refractivity (Wildman–Crippen MR) is 63.4 cm³/mol. The largest absolute Gasteiger partial charge is 0.491 e. The molecule has 1 aromatic heterocycles. The van der Waals surface area contributed by atoms with Gasteiger partial charge in [0.2, 0.25) is 0 Å². The van der Waals surface area contributed by atoms with Crippen LogP contribution < -0.4 is 4.74 Å². The van der Waals surface area contributed by atoms with Crippen molar-refractivity contribution in [1.82, 2.24) is 4.98 Å². The van der Waals surface area contributed by atoms with Gasteiger partial charge in [-0.1, -0.05) is 12.8 Å². The lowest BCUT2D eigenvalue weighted by molar-refractivity contribution is 0.0684. The number of carboxylic acids is 1. The highest BCUT2D eigenvalue weighted by molar-refractivity contribution is 5.88. The monoisotopic (exact) mass is 235 g/mol. The summed E-state index contributed by atoms with van der Waals surface area (Å²) in [6, 6.07) is 3.47. The van der Waals surface area contributed by atoms with E-state index in [1.54, 1.807) is 19.1 Å². The van der Waals surface area contributed by atoms with E-state index in [0.29, 0.717) is 24.0 Å². The van der Waals surface area contributed by atoms with E-state index in [1.807, 2.05) is 0 Å². The number of aromatic nitrogens is 1. The Morgan fingerprint density at radius 3 is 2.82 bits per heavy atom. The van der Waals surface area contributed by atoms with Crippen molar-refractivity contribution in [3.63, 3.8) is 0 Å². The predicted octanol–water partition coefficient (Wildman–Crippen LogP) is 2.66. The molecule has 0 radical (unpaired) electrons. The molecule has 2 rings (SSSR count). The van der Waals surface area contributed by atoms with Crippen LogP contribution in [0.2, 0.25) is 0 Å². The molecule has 1 N–H and O–H groups in total. The van der Waals surface area contributed by atoms with Crippen molar-refractivity contribution in [2.24, 2.45) is 5.92 Å². The maximum absolute atomic E-state index is 11.0. The lowest BCUT2D eigenvalue weighted by Gasteiger charge is -2.12. The molecule has 0 unspecified atom stereocenters. The highest BCUT2D eigenvalue weighted by atomic mass is 16.5. The number of carboxylic acid groups (broad SMARTS) is 1. The van der Waals surface area contributed by atoms with E-state index in [4.69, 9.17) is 9.84 Å². The fraction of sp³-hybridized carbons (Fsp3) is 0.538. The summed E-state index contributed by atoms with van der Waals surface area (Å²) in [5, 5.41) is 9.04. The van der Waals surface area contributed by atoms with Crippen LogP contribution in [0.3, 0.4) is 0 Å². The van der Waals surface area contributed by atoms with Gasteiger partial charge in [-0.3, -0.25) is 0 Å². The van der Waals surface area contributed by atoms with E-state index in [2.05, 4.69) is 4.98 Å². The molecule has 0 saturated heterocycles. The SMILES string of the molecule is Cc1ccc(OCC2CCCC2)c(C(=O)O)n1. The number of rotatable bonds is 4. The average Bonchev–Trinajstić information content (AvgIpc) is 2.80. The smallest absolute Gasteiger partial charge is 0.358 e. The molecular weight excluding hydrogens is 218 g/mol. The number of nitrogens with zero attached hydrogens (tertiary/aromatic N) is 1. The lowest BCUT2D eigenvalue weighted by atomic mass is 10.1. The van der Waals surface area contributed by atoms with Crippen LogP contribution in [0.5, 0.6) is 5.75 Å². The minimum Gasteiger partial charge on any atom is -0.491 e. The first kappa shape index (κ1) is 11.9. The summed E-state index contributed by atoms with van der Waals surface area (Å²) in [6.07, 6.45) is 4.88. The first-order valence-electron chi connectivity index (χ1n) is 6.00. The molecule has 1 aliphatic carbocycles. The summed E-state index contributed by atoms with van der Waals surface area (Å²) in [5.41, 5.74) is 0.707. The number of ether oxygens (including phenoxy) is 1. The minimum atomic E-state index is -1.03. The van der Waals surface area contributed by atoms with E-state index < -0.39 is 5.97 Å². The van der Waals surface area contributed by atoms with E-state index in [9.17, 15) is 4.79 Å². The summed E-state index contributed by atoms with van der Waals surface area (Å²) in [5.74, 6) is -0.0805. The molecule has 0 bridgehead atoms. The number of aryl methyl sites for hydroxylation is 1. The molecule has 0 spiro atoms. The van der Waals surface area contributed by atoms with Crippen LogP contribution in [0.15, 0.2) is 12.1 Å². The van der Waals surface area contributed by atoms with Crippen LogP contribution in [-0.4, -0.2) is 22.7 Å². The summed E-state index contributed by atoms with van der Waals surface area (Å²) < 4.78 is 5.59. The van der Waals surface area contributed by atoms with Crippen LogP contribution >= 0.6 is 0 Å². The second-order valence-corrected chi connectivity index (χ2v) is 4.57. The number of hydrogen-bond acceptors (Lipinski definition) is 3. The number of carbonyl (C=O) groups is 1. The van der Waals surface area contributed by atoms with Gasteiger partial charge in [0, 0.05) is 5.69 Å². The normalized spacial score (nSPS) is 16.1. The van der Waals surface area contributed by atoms with Crippen molar-refractivity contribution in [1.29, 1.82) is 0 Å². The van der Waals surface area contributed by atoms with E-state index in [1.165, 1.54) is 25.7 Å². The van der Waals surface area contributed by atoms with Gasteiger partial charge in [0.25, 0.3) is 0 Å². The van der Waals surface area contributed by atoms with Gasteiger partial charge < -0.3 is 9.84 Å². The second-order valence-electron chi connectivity index (χ2n) is 4.57. The summed E-state index contributed by atoms with van der Waals surface area (Å²) >= 11 is 0. The van der Waals surface area contributed by atoms with Crippen molar-refractivity contribution < 1.29 is 14.6 Å². The van der Waals surface area contributed by atoms with Gasteiger partial charge in [0.15, 0.2) is 11.4 Å². The zero-order valence-corrected chi connectivity index (χ0v) is 9.98. The maximum atomic E-state index is 11.0. The van der Waals surface area contributed by atoms with Crippen molar-refractivity contribution in [2.45, 2.75) is 32.6 Å². The molecule has 1 aliphatic rings. The van der Waals surface area contributed by atoms with Crippen LogP contribution in [0.25, 0.3) is 0 Å². The Kier molecular flexibility index (Phi) is 3.61. The molecule has 4 heteroatoms. The van der Waals surface area contributed by atoms with Crippen molar-refractivity contribution in [2.75, 3.05) is 6.61 Å². The Balaban J connectivity index is 2.06. The van der Waals surface area contributed by atoms with Crippen LogP contribution in [0.4, 0.5) is 0 Å². The van der Waals surface area contributed by atoms with Gasteiger partial charge in [-0.15, -0.1) is 0 Å². The Morgan fingerprint density at radius 1 is 1.47 bits per heavy atom. The third kappa shape index (κ3) is 2.96. The first-order chi connectivity index (χ1) is 8.16. The Labute approximate surface area is 101 Å². The molecule has 0 atom stereocenters. The van der Waals surface area contributed by atoms with Crippen molar-refractivity contribution >= 4 is 5.97 Å². The van der Waals surface area contributed by atoms with Gasteiger partial charge in [-0.25, -0.2) is 9.78 Å². The topological polar surface area (TPSA) is 59.4 Å². The van der Waals surface area contributed by atoms with Crippen molar-refractivity contribution in [3.8, 4) is 5.75 Å². The molecule has 1 saturated carbocycles. The van der Waals surface area contributed by atoms with E-state index in [-0.39, 0.29) is 5.69 Å². The fourth-order valence-corrected chi connectivity index (χ4v) is 2.20. The molecule has 17 heavy (non-hydrogen) atoms. The fourth-order valence-electron chi connectivity index (χ4n) is 2.20. The van der Waals surface area contributed by atoms with Gasteiger partial charge >= 0.3 is 5.97 Å². The van der Waals surface area contributed by atoms with Crippen LogP contribution in [0.1, 0.15) is 41.9 Å². The third-order valence-electron chi connectivity index (χ3n) is 3.15. The van der Waals surface area contributed by atoms with Gasteiger partial charge in [-0.2, -0.15) is 0 Å². The molecule has 0 aliphatic heterocycles. The molecule has 1 aromatic rings. The standard InChI is InChI=1S/C13H17NO3/c1-9-6-7-11(12(14-9)13(15)16)17-8-10-4-2-3-5-10/h6-7,10H,2-5,8H2,1H3,(H,15,16). The van der Waals surface area contributed by atoms with Crippen LogP contribution in [-0.2, 0) is 0 Å². The van der Waals surface area contributed by atoms with E-state index in [0.717, 1.165) is 0 Å². The molecule has 92 valence electrons. The van der Waals surface area contributed by atoms with E-state index >= 15 is 0 Å². The summed E-state index contributed by atoms with van der Waals surface area (Å²) in [4.78, 5) is 15.0. The molecule has 1 heterocycles. The minimum absolute atomic E-state index is 0.0167. The number of hydrogen-bond donors (Lipinski definition) is 1. The van der Waals surface area contributed by atoms with Crippen molar-refractivity contribution in [3.05, 3.63) is 23.5 Å². The lowest BCUT2D eigenvalue weighted by Crippen LogP contribution is -2.12. The summed E-state index contributed by atoms with van der Waals surface area (Å²) in [6.45, 7) is 2.37. The Hall–Kier alpha value is -1.58. The highest BCUT2D eigenvalue weighted by Crippen LogP contribution is 2.26. The first-order valence-corrected chi connectivity index (χ1v) is 6.00. The van der Waals surface area contributed by atoms with Gasteiger partial charge in [0.1, 0.15) is 0 Å². The second kappa shape index (κ2) is 5.17.